The summed E-state index contributed by atoms with van der Waals surface area (Å²) in [6.45, 7) is 4.70. The fourth-order valence-corrected chi connectivity index (χ4v) is 2.37. The molecular formula is C13H18BrClFN. The van der Waals surface area contributed by atoms with E-state index >= 15 is 0 Å². The highest BCUT2D eigenvalue weighted by Crippen LogP contribution is 2.17. The van der Waals surface area contributed by atoms with Crippen molar-refractivity contribution in [2.45, 2.75) is 26.3 Å². The Hall–Kier alpha value is -0.120. The summed E-state index contributed by atoms with van der Waals surface area (Å²) >= 11 is 9.31. The molecule has 0 radical (unpaired) electrons. The Labute approximate surface area is 116 Å². The third kappa shape index (κ3) is 5.36. The second-order valence-corrected chi connectivity index (χ2v) is 5.28. The van der Waals surface area contributed by atoms with Crippen LogP contribution in [0.15, 0.2) is 18.2 Å². The lowest BCUT2D eigenvalue weighted by molar-refractivity contribution is 0.274. The highest BCUT2D eigenvalue weighted by molar-refractivity contribution is 9.09. The van der Waals surface area contributed by atoms with Gasteiger partial charge in [0.2, 0.25) is 0 Å². The van der Waals surface area contributed by atoms with Gasteiger partial charge in [0.05, 0.1) is 0 Å². The normalized spacial score (nSPS) is 11.1. The van der Waals surface area contributed by atoms with E-state index in [4.69, 9.17) is 11.6 Å². The van der Waals surface area contributed by atoms with Crippen molar-refractivity contribution in [3.05, 3.63) is 34.6 Å². The van der Waals surface area contributed by atoms with Gasteiger partial charge >= 0.3 is 0 Å². The van der Waals surface area contributed by atoms with Crippen LogP contribution in [0.1, 0.15) is 25.3 Å². The lowest BCUT2D eigenvalue weighted by Gasteiger charge is -2.21. The first-order valence-electron chi connectivity index (χ1n) is 5.89. The van der Waals surface area contributed by atoms with E-state index in [2.05, 4.69) is 27.8 Å². The molecule has 0 bridgehead atoms. The Morgan fingerprint density at radius 3 is 2.76 bits per heavy atom. The first-order valence-corrected chi connectivity index (χ1v) is 7.39. The lowest BCUT2D eigenvalue weighted by Crippen LogP contribution is -2.26. The number of hydrogen-bond acceptors (Lipinski definition) is 1. The van der Waals surface area contributed by atoms with Crippen molar-refractivity contribution in [1.29, 1.82) is 0 Å². The fourth-order valence-electron chi connectivity index (χ4n) is 1.68. The molecule has 0 aromatic heterocycles. The maximum absolute atomic E-state index is 13.6. The molecule has 1 rings (SSSR count). The van der Waals surface area contributed by atoms with E-state index in [0.29, 0.717) is 17.1 Å². The van der Waals surface area contributed by atoms with E-state index in [1.165, 1.54) is 6.07 Å². The molecule has 0 atom stereocenters. The Morgan fingerprint density at radius 1 is 1.35 bits per heavy atom. The van der Waals surface area contributed by atoms with Gasteiger partial charge in [-0.15, -0.1) is 0 Å². The molecule has 1 nitrogen and oxygen atoms in total. The lowest BCUT2D eigenvalue weighted by atomic mass is 10.2. The maximum atomic E-state index is 13.6. The zero-order valence-corrected chi connectivity index (χ0v) is 12.4. The van der Waals surface area contributed by atoms with Crippen LogP contribution in [0.4, 0.5) is 4.39 Å². The van der Waals surface area contributed by atoms with E-state index in [9.17, 15) is 4.39 Å². The van der Waals surface area contributed by atoms with Gasteiger partial charge in [0.15, 0.2) is 0 Å². The molecule has 0 aliphatic carbocycles. The largest absolute Gasteiger partial charge is 0.298 e. The van der Waals surface area contributed by atoms with Crippen LogP contribution in [0.5, 0.6) is 0 Å². The number of nitrogens with zero attached hydrogens (tertiary/aromatic N) is 1. The Kier molecular flexibility index (Phi) is 7.09. The van der Waals surface area contributed by atoms with Gasteiger partial charge in [-0.05, 0) is 31.2 Å². The number of benzene rings is 1. The van der Waals surface area contributed by atoms with Crippen LogP contribution in [0.2, 0.25) is 5.02 Å². The summed E-state index contributed by atoms with van der Waals surface area (Å²) in [4.78, 5) is 2.24. The van der Waals surface area contributed by atoms with E-state index in [1.54, 1.807) is 12.1 Å². The molecule has 0 aliphatic heterocycles. The molecule has 4 heteroatoms. The molecule has 0 heterocycles. The summed E-state index contributed by atoms with van der Waals surface area (Å²) in [5.74, 6) is -0.175. The van der Waals surface area contributed by atoms with E-state index in [1.807, 2.05) is 0 Å². The molecule has 17 heavy (non-hydrogen) atoms. The van der Waals surface area contributed by atoms with Crippen LogP contribution >= 0.6 is 27.5 Å². The molecule has 96 valence electrons. The number of unbranched alkanes of at least 4 members (excludes halogenated alkanes) is 1. The molecule has 0 N–H and O–H groups in total. The summed E-state index contributed by atoms with van der Waals surface area (Å²) in [6.07, 6.45) is 2.28. The first kappa shape index (κ1) is 14.9. The average Bonchev–Trinajstić information content (AvgIpc) is 2.31. The number of rotatable bonds is 7. The number of hydrogen-bond donors (Lipinski definition) is 0. The number of alkyl halides is 1. The topological polar surface area (TPSA) is 3.24 Å². The van der Waals surface area contributed by atoms with Gasteiger partial charge < -0.3 is 0 Å². The molecule has 0 unspecified atom stereocenters. The summed E-state index contributed by atoms with van der Waals surface area (Å²) in [5.41, 5.74) is 0.676. The van der Waals surface area contributed by atoms with Crippen molar-refractivity contribution in [3.8, 4) is 0 Å². The number of halogens is 3. The van der Waals surface area contributed by atoms with Crippen LogP contribution in [0, 0.1) is 5.82 Å². The van der Waals surface area contributed by atoms with Crippen LogP contribution in [-0.2, 0) is 6.54 Å². The van der Waals surface area contributed by atoms with Crippen LogP contribution < -0.4 is 0 Å². The minimum atomic E-state index is -0.175. The predicted octanol–water partition coefficient (Wildman–Crippen LogP) is 4.48. The van der Waals surface area contributed by atoms with Crippen molar-refractivity contribution >= 4 is 27.5 Å². The smallest absolute Gasteiger partial charge is 0.127 e. The van der Waals surface area contributed by atoms with Gasteiger partial charge in [0, 0.05) is 29.0 Å². The highest BCUT2D eigenvalue weighted by Gasteiger charge is 2.09. The Balaban J connectivity index is 2.67. The van der Waals surface area contributed by atoms with E-state index in [-0.39, 0.29) is 5.82 Å². The van der Waals surface area contributed by atoms with Gasteiger partial charge in [-0.1, -0.05) is 40.9 Å². The maximum Gasteiger partial charge on any atom is 0.127 e. The van der Waals surface area contributed by atoms with Crippen molar-refractivity contribution in [2.24, 2.45) is 0 Å². The highest BCUT2D eigenvalue weighted by atomic mass is 79.9. The minimum Gasteiger partial charge on any atom is -0.298 e. The van der Waals surface area contributed by atoms with E-state index in [0.717, 1.165) is 31.3 Å². The van der Waals surface area contributed by atoms with Gasteiger partial charge in [-0.25, -0.2) is 4.39 Å². The monoisotopic (exact) mass is 321 g/mol. The predicted molar refractivity (Wildman–Crippen MR) is 75.4 cm³/mol. The molecule has 0 spiro atoms. The van der Waals surface area contributed by atoms with Gasteiger partial charge in [0.1, 0.15) is 5.82 Å². The second kappa shape index (κ2) is 8.06. The Morgan fingerprint density at radius 2 is 2.12 bits per heavy atom. The summed E-state index contributed by atoms with van der Waals surface area (Å²) in [5, 5.41) is 1.49. The van der Waals surface area contributed by atoms with Crippen molar-refractivity contribution in [2.75, 3.05) is 18.4 Å². The quantitative estimate of drug-likeness (QED) is 0.669. The van der Waals surface area contributed by atoms with Crippen molar-refractivity contribution in [3.63, 3.8) is 0 Å². The molecule has 0 saturated heterocycles. The fraction of sp³-hybridized carbons (Fsp3) is 0.538. The third-order valence-corrected chi connectivity index (χ3v) is 3.22. The molecule has 1 aromatic rings. The molecule has 0 fully saturated rings. The van der Waals surface area contributed by atoms with Crippen molar-refractivity contribution < 1.29 is 4.39 Å². The zero-order valence-electron chi connectivity index (χ0n) is 10.1. The van der Waals surface area contributed by atoms with Crippen LogP contribution in [0.25, 0.3) is 0 Å². The van der Waals surface area contributed by atoms with Crippen LogP contribution in [0.3, 0.4) is 0 Å². The first-order chi connectivity index (χ1) is 8.17. The van der Waals surface area contributed by atoms with Gasteiger partial charge in [-0.2, -0.15) is 0 Å². The van der Waals surface area contributed by atoms with Crippen molar-refractivity contribution in [1.82, 2.24) is 4.90 Å². The SMILES string of the molecule is CCCCN(CCBr)Cc1cc(Cl)ccc1F. The van der Waals surface area contributed by atoms with Crippen LogP contribution in [-0.4, -0.2) is 23.3 Å². The molecule has 0 saturated carbocycles. The summed E-state index contributed by atoms with van der Waals surface area (Å²) in [7, 11) is 0. The second-order valence-electron chi connectivity index (χ2n) is 4.05. The Bertz CT molecular complexity index is 346. The van der Waals surface area contributed by atoms with E-state index < -0.39 is 0 Å². The summed E-state index contributed by atoms with van der Waals surface area (Å²) in [6, 6.07) is 4.73. The summed E-state index contributed by atoms with van der Waals surface area (Å²) < 4.78 is 13.6. The average molecular weight is 323 g/mol. The zero-order chi connectivity index (χ0) is 12.7. The third-order valence-electron chi connectivity index (χ3n) is 2.63. The molecule has 1 aromatic carbocycles. The standard InChI is InChI=1S/C13H18BrClFN/c1-2-3-7-17(8-6-14)10-11-9-12(15)4-5-13(11)16/h4-5,9H,2-3,6-8,10H2,1H3. The molecule has 0 aliphatic rings. The van der Waals surface area contributed by atoms with Gasteiger partial charge in [-0.3, -0.25) is 4.90 Å². The minimum absolute atomic E-state index is 0.175. The van der Waals surface area contributed by atoms with Gasteiger partial charge in [0.25, 0.3) is 0 Å². The molecular weight excluding hydrogens is 305 g/mol. The molecule has 0 amide bonds.